The number of amidine groups is 1. The first-order chi connectivity index (χ1) is 22.9. The first kappa shape index (κ1) is 43.5. The van der Waals surface area contributed by atoms with Crippen LogP contribution in [0.3, 0.4) is 0 Å². The van der Waals surface area contributed by atoms with Gasteiger partial charge in [0.2, 0.25) is 11.8 Å². The van der Waals surface area contributed by atoms with Crippen molar-refractivity contribution in [2.45, 2.75) is 56.7 Å². The van der Waals surface area contributed by atoms with E-state index in [1.54, 1.807) is 36.1 Å². The number of hydrogen-bond donors (Lipinski definition) is 8. The Labute approximate surface area is 281 Å². The van der Waals surface area contributed by atoms with Crippen LogP contribution < -0.4 is 16.4 Å². The number of nitrogens with zero attached hydrogens (tertiary/aromatic N) is 1. The molecule has 0 spiro atoms. The second kappa shape index (κ2) is 19.0. The normalized spacial score (nSPS) is 17.1. The number of amides is 2. The number of nitrogens with one attached hydrogen (secondary N) is 3. The summed E-state index contributed by atoms with van der Waals surface area (Å²) in [5.74, 6) is -6.10. The third-order valence-electron chi connectivity index (χ3n) is 6.93. The summed E-state index contributed by atoms with van der Waals surface area (Å²) in [5.41, 5.74) is 7.99. The van der Waals surface area contributed by atoms with Crippen LogP contribution in [0.1, 0.15) is 42.4 Å². The van der Waals surface area contributed by atoms with E-state index in [1.165, 1.54) is 0 Å². The molecular weight excluding hydrogens is 707 g/mol. The van der Waals surface area contributed by atoms with Crippen LogP contribution in [0.4, 0.5) is 26.3 Å². The molecule has 2 aromatic rings. The third-order valence-corrected chi connectivity index (χ3v) is 7.72. The van der Waals surface area contributed by atoms with Crippen molar-refractivity contribution in [3.8, 4) is 0 Å². The van der Waals surface area contributed by atoms with Crippen LogP contribution in [0.15, 0.2) is 54.6 Å². The van der Waals surface area contributed by atoms with Gasteiger partial charge in [-0.3, -0.25) is 24.5 Å². The van der Waals surface area contributed by atoms with Gasteiger partial charge in [0.25, 0.3) is 0 Å². The predicted molar refractivity (Wildman–Crippen MR) is 165 cm³/mol. The van der Waals surface area contributed by atoms with Crippen molar-refractivity contribution in [2.24, 2.45) is 5.73 Å². The fourth-order valence-electron chi connectivity index (χ4n) is 4.36. The third kappa shape index (κ3) is 16.3. The lowest BCUT2D eigenvalue weighted by atomic mass is 9.85. The van der Waals surface area contributed by atoms with Gasteiger partial charge in [0, 0.05) is 18.7 Å². The quantitative estimate of drug-likeness (QED) is 0.0761. The van der Waals surface area contributed by atoms with Crippen LogP contribution in [0.2, 0.25) is 0 Å². The average Bonchev–Trinajstić information content (AvgIpc) is 3.02. The number of hydrogen-bond acceptors (Lipinski definition) is 7. The van der Waals surface area contributed by atoms with Gasteiger partial charge in [-0.2, -0.15) is 26.3 Å². The molecule has 0 bridgehead atoms. The number of piperidine rings is 1. The maximum absolute atomic E-state index is 13.2. The molecular formula is C29H36F6N5O9P. The second-order valence-electron chi connectivity index (χ2n) is 10.7. The zero-order valence-electron chi connectivity index (χ0n) is 26.2. The van der Waals surface area contributed by atoms with E-state index in [2.05, 4.69) is 10.6 Å². The monoisotopic (exact) mass is 743 g/mol. The number of nitrogens with two attached hydrogens (primary N) is 1. The summed E-state index contributed by atoms with van der Waals surface area (Å²) in [6, 6.07) is 15.4. The number of carbonyl (C=O) groups is 4. The lowest BCUT2D eigenvalue weighted by Crippen LogP contribution is -2.55. The number of rotatable bonds is 10. The Morgan fingerprint density at radius 3 is 1.90 bits per heavy atom. The molecule has 2 amide bonds. The standard InChI is InChI=1S/C25H34N5O5P.2C2HF3O2/c1-17(24(31)28-16-18-7-9-20(10-8-18)23(26)27)29-25(32)22-15-21(19-5-3-2-4-6-19)11-12-30(22)13-14-36(33,34)35;2*3-2(4,5)1(6)7/h2-10,17,21-22H,11-16H2,1H3,(H3,26,27)(H,28,31)(H,29,32)(H2,33,34,35);2*(H,6,7)/t17?,21-,22+;;/m0../s1. The molecule has 0 aliphatic carbocycles. The molecule has 1 heterocycles. The van der Waals surface area contributed by atoms with E-state index in [4.69, 9.17) is 30.9 Å². The summed E-state index contributed by atoms with van der Waals surface area (Å²) in [6.07, 6.45) is -9.23. The number of carbonyl (C=O) groups excluding carboxylic acids is 2. The number of halogens is 6. The molecule has 1 aliphatic heterocycles. The molecule has 3 atom stereocenters. The van der Waals surface area contributed by atoms with Crippen molar-refractivity contribution < 1.29 is 70.1 Å². The summed E-state index contributed by atoms with van der Waals surface area (Å²) < 4.78 is 74.9. The maximum Gasteiger partial charge on any atom is 0.490 e. The molecule has 0 saturated carbocycles. The Kier molecular flexibility index (Phi) is 16.6. The lowest BCUT2D eigenvalue weighted by Gasteiger charge is -2.39. The van der Waals surface area contributed by atoms with Gasteiger partial charge in [0.05, 0.1) is 12.2 Å². The van der Waals surface area contributed by atoms with Gasteiger partial charge in [-0.1, -0.05) is 54.6 Å². The SMILES string of the molecule is CC(NC(=O)[C@H]1C[C@@H](c2ccccc2)CCN1CCP(=O)(O)O)C(=O)NCc1ccc(C(=N)N)cc1.O=C(O)C(F)(F)F.O=C(O)C(F)(F)F. The Morgan fingerprint density at radius 2 is 1.46 bits per heavy atom. The molecule has 21 heteroatoms. The molecule has 2 aromatic carbocycles. The minimum absolute atomic E-state index is 0.0334. The molecule has 1 saturated heterocycles. The summed E-state index contributed by atoms with van der Waals surface area (Å²) in [6.45, 7) is 2.48. The van der Waals surface area contributed by atoms with Crippen molar-refractivity contribution in [1.82, 2.24) is 15.5 Å². The lowest BCUT2D eigenvalue weighted by molar-refractivity contribution is -0.193. The molecule has 0 aromatic heterocycles. The van der Waals surface area contributed by atoms with E-state index in [-0.39, 0.29) is 42.8 Å². The Morgan fingerprint density at radius 1 is 0.960 bits per heavy atom. The molecule has 0 radical (unpaired) electrons. The summed E-state index contributed by atoms with van der Waals surface area (Å²) in [4.78, 5) is 64.1. The van der Waals surface area contributed by atoms with Gasteiger partial charge in [0.15, 0.2) is 0 Å². The van der Waals surface area contributed by atoms with Gasteiger partial charge in [-0.15, -0.1) is 0 Å². The molecule has 1 unspecified atom stereocenters. The Balaban J connectivity index is 0.000000748. The van der Waals surface area contributed by atoms with Crippen molar-refractivity contribution in [1.29, 1.82) is 5.41 Å². The number of aliphatic carboxylic acids is 2. The van der Waals surface area contributed by atoms with E-state index in [0.717, 1.165) is 17.5 Å². The molecule has 3 rings (SSSR count). The van der Waals surface area contributed by atoms with Gasteiger partial charge in [-0.25, -0.2) is 9.59 Å². The first-order valence-electron chi connectivity index (χ1n) is 14.4. The molecule has 14 nitrogen and oxygen atoms in total. The molecule has 1 aliphatic rings. The van der Waals surface area contributed by atoms with Crippen molar-refractivity contribution in [3.63, 3.8) is 0 Å². The Bertz CT molecular complexity index is 1480. The van der Waals surface area contributed by atoms with Crippen molar-refractivity contribution in [2.75, 3.05) is 19.3 Å². The zero-order chi connectivity index (χ0) is 38.4. The summed E-state index contributed by atoms with van der Waals surface area (Å²) in [5, 5.41) is 27.3. The van der Waals surface area contributed by atoms with Crippen molar-refractivity contribution >= 4 is 37.2 Å². The number of carboxylic acid groups (broad SMARTS) is 2. The number of alkyl halides is 6. The minimum Gasteiger partial charge on any atom is -0.475 e. The topological polar surface area (TPSA) is 243 Å². The van der Waals surface area contributed by atoms with E-state index < -0.39 is 44.0 Å². The van der Waals surface area contributed by atoms with Crippen molar-refractivity contribution in [3.05, 3.63) is 71.3 Å². The van der Waals surface area contributed by atoms with Crippen LogP contribution in [-0.2, 0) is 30.3 Å². The average molecular weight is 744 g/mol. The van der Waals surface area contributed by atoms with Gasteiger partial charge in [-0.05, 0) is 43.4 Å². The summed E-state index contributed by atoms with van der Waals surface area (Å²) >= 11 is 0. The zero-order valence-corrected chi connectivity index (χ0v) is 27.1. The van der Waals surface area contributed by atoms with Gasteiger partial charge >= 0.3 is 31.9 Å². The van der Waals surface area contributed by atoms with E-state index in [0.29, 0.717) is 18.5 Å². The van der Waals surface area contributed by atoms with Gasteiger partial charge < -0.3 is 36.4 Å². The van der Waals surface area contributed by atoms with Crippen LogP contribution >= 0.6 is 7.60 Å². The van der Waals surface area contributed by atoms with Crippen LogP contribution in [0, 0.1) is 5.41 Å². The highest BCUT2D eigenvalue weighted by atomic mass is 31.2. The minimum atomic E-state index is -5.08. The largest absolute Gasteiger partial charge is 0.490 e. The van der Waals surface area contributed by atoms with Gasteiger partial charge in [0.1, 0.15) is 11.9 Å². The fraction of sp³-hybridized carbons (Fsp3) is 0.414. The number of nitrogen functional groups attached to an aromatic ring is 1. The number of likely N-dealkylation sites (tertiary alicyclic amines) is 1. The molecule has 9 N–H and O–H groups in total. The summed E-state index contributed by atoms with van der Waals surface area (Å²) in [7, 11) is -4.21. The Hall–Kier alpha value is -4.52. The number of benzene rings is 2. The second-order valence-corrected chi connectivity index (χ2v) is 12.5. The highest BCUT2D eigenvalue weighted by molar-refractivity contribution is 7.51. The number of carboxylic acids is 2. The smallest absolute Gasteiger partial charge is 0.475 e. The van der Waals surface area contributed by atoms with E-state index >= 15 is 0 Å². The highest BCUT2D eigenvalue weighted by Crippen LogP contribution is 2.36. The van der Waals surface area contributed by atoms with Crippen LogP contribution in [-0.4, -0.2) is 98.2 Å². The molecule has 50 heavy (non-hydrogen) atoms. The first-order valence-corrected chi connectivity index (χ1v) is 16.2. The predicted octanol–water partition coefficient (Wildman–Crippen LogP) is 2.78. The van der Waals surface area contributed by atoms with E-state index in [9.17, 15) is 50.3 Å². The van der Waals surface area contributed by atoms with Crippen LogP contribution in [0.25, 0.3) is 0 Å². The van der Waals surface area contributed by atoms with E-state index in [1.807, 2.05) is 30.3 Å². The molecule has 1 fully saturated rings. The highest BCUT2D eigenvalue weighted by Gasteiger charge is 2.39. The maximum atomic E-state index is 13.2. The molecule has 278 valence electrons. The fourth-order valence-corrected chi connectivity index (χ4v) is 4.88. The van der Waals surface area contributed by atoms with Crippen LogP contribution in [0.5, 0.6) is 0 Å².